The van der Waals surface area contributed by atoms with Gasteiger partial charge in [0, 0.05) is 11.3 Å². The summed E-state index contributed by atoms with van der Waals surface area (Å²) in [6.45, 7) is 8.13. The van der Waals surface area contributed by atoms with Crippen LogP contribution >= 0.6 is 11.8 Å². The van der Waals surface area contributed by atoms with Gasteiger partial charge in [-0.3, -0.25) is 4.79 Å². The summed E-state index contributed by atoms with van der Waals surface area (Å²) in [4.78, 5) is 13.7. The standard InChI is InChI=1S/C24H30O4S/c1-17-20(26-16-18-11-7-5-8-12-18)15-21(28-23(25)24(2,3)4)22(27-17)29-19-13-9-6-10-14-19/h5-14,17,20-22H,15-16H2,1-4H3/t17-,20+,21-,22-/m1/s1. The van der Waals surface area contributed by atoms with Crippen molar-refractivity contribution in [1.29, 1.82) is 0 Å². The summed E-state index contributed by atoms with van der Waals surface area (Å²) in [6, 6.07) is 20.1. The average molecular weight is 415 g/mol. The van der Waals surface area contributed by atoms with Crippen LogP contribution in [0.5, 0.6) is 0 Å². The Bertz CT molecular complexity index is 772. The zero-order valence-corrected chi connectivity index (χ0v) is 18.4. The Morgan fingerprint density at radius 3 is 2.28 bits per heavy atom. The molecule has 0 unspecified atom stereocenters. The van der Waals surface area contributed by atoms with Crippen LogP contribution in [-0.2, 0) is 25.6 Å². The van der Waals surface area contributed by atoms with Crippen LogP contribution in [0.1, 0.15) is 39.7 Å². The van der Waals surface area contributed by atoms with Crippen molar-refractivity contribution in [2.75, 3.05) is 0 Å². The summed E-state index contributed by atoms with van der Waals surface area (Å²) in [7, 11) is 0. The summed E-state index contributed by atoms with van der Waals surface area (Å²) in [5.41, 5.74) is 0.282. The van der Waals surface area contributed by atoms with Crippen molar-refractivity contribution in [2.45, 2.75) is 69.4 Å². The second kappa shape index (κ2) is 9.79. The van der Waals surface area contributed by atoms with E-state index in [2.05, 4.69) is 0 Å². The molecule has 0 saturated carbocycles. The lowest BCUT2D eigenvalue weighted by Gasteiger charge is -2.40. The number of thioether (sulfide) groups is 1. The number of carbonyl (C=O) groups excluding carboxylic acids is 1. The van der Waals surface area contributed by atoms with Gasteiger partial charge in [0.05, 0.1) is 24.2 Å². The quantitative estimate of drug-likeness (QED) is 0.588. The zero-order chi connectivity index (χ0) is 20.9. The number of ether oxygens (including phenoxy) is 3. The fraction of sp³-hybridized carbons (Fsp3) is 0.458. The first-order valence-electron chi connectivity index (χ1n) is 10.1. The molecule has 2 aromatic rings. The van der Waals surface area contributed by atoms with Crippen molar-refractivity contribution in [3.8, 4) is 0 Å². The molecule has 29 heavy (non-hydrogen) atoms. The highest BCUT2D eigenvalue weighted by atomic mass is 32.2. The fourth-order valence-corrected chi connectivity index (χ4v) is 4.19. The van der Waals surface area contributed by atoms with E-state index in [1.165, 1.54) is 0 Å². The number of esters is 1. The molecular weight excluding hydrogens is 384 g/mol. The molecule has 1 aliphatic rings. The predicted molar refractivity (Wildman–Crippen MR) is 116 cm³/mol. The largest absolute Gasteiger partial charge is 0.458 e. The lowest BCUT2D eigenvalue weighted by molar-refractivity contribution is -0.188. The van der Waals surface area contributed by atoms with Crippen molar-refractivity contribution in [3.05, 3.63) is 66.2 Å². The molecule has 4 nitrogen and oxygen atoms in total. The molecule has 0 bridgehead atoms. The van der Waals surface area contributed by atoms with Crippen molar-refractivity contribution < 1.29 is 19.0 Å². The summed E-state index contributed by atoms with van der Waals surface area (Å²) in [5.74, 6) is -0.221. The first-order valence-corrected chi connectivity index (χ1v) is 10.9. The van der Waals surface area contributed by atoms with Crippen LogP contribution in [0.3, 0.4) is 0 Å². The third-order valence-corrected chi connectivity index (χ3v) is 6.00. The van der Waals surface area contributed by atoms with Gasteiger partial charge in [-0.15, -0.1) is 0 Å². The minimum absolute atomic E-state index is 0.0930. The lowest BCUT2D eigenvalue weighted by Crippen LogP contribution is -2.48. The molecule has 2 aromatic carbocycles. The maximum atomic E-state index is 12.6. The predicted octanol–water partition coefficient (Wildman–Crippen LogP) is 5.46. The molecule has 0 amide bonds. The molecular formula is C24H30O4S. The molecule has 1 fully saturated rings. The normalized spacial score (nSPS) is 24.8. The fourth-order valence-electron chi connectivity index (χ4n) is 3.05. The van der Waals surface area contributed by atoms with Crippen molar-refractivity contribution in [2.24, 2.45) is 5.41 Å². The van der Waals surface area contributed by atoms with Crippen LogP contribution in [0, 0.1) is 5.41 Å². The highest BCUT2D eigenvalue weighted by Crippen LogP contribution is 2.36. The van der Waals surface area contributed by atoms with E-state index in [-0.39, 0.29) is 29.7 Å². The Morgan fingerprint density at radius 1 is 1.03 bits per heavy atom. The van der Waals surface area contributed by atoms with E-state index in [4.69, 9.17) is 14.2 Å². The van der Waals surface area contributed by atoms with E-state index >= 15 is 0 Å². The maximum Gasteiger partial charge on any atom is 0.311 e. The highest BCUT2D eigenvalue weighted by Gasteiger charge is 2.41. The number of carbonyl (C=O) groups is 1. The number of rotatable bonds is 6. The van der Waals surface area contributed by atoms with Gasteiger partial charge in [0.1, 0.15) is 11.5 Å². The van der Waals surface area contributed by atoms with Gasteiger partial charge in [0.15, 0.2) is 0 Å². The SMILES string of the molecule is C[C@H]1O[C@H](Sc2ccccc2)[C@H](OC(=O)C(C)(C)C)C[C@@H]1OCc1ccccc1. The minimum Gasteiger partial charge on any atom is -0.458 e. The molecule has 0 radical (unpaired) electrons. The number of hydrogen-bond acceptors (Lipinski definition) is 5. The third-order valence-electron chi connectivity index (χ3n) is 4.81. The molecule has 0 aromatic heterocycles. The number of benzene rings is 2. The van der Waals surface area contributed by atoms with E-state index in [1.807, 2.05) is 88.4 Å². The Balaban J connectivity index is 1.70. The van der Waals surface area contributed by atoms with Gasteiger partial charge in [0.25, 0.3) is 0 Å². The van der Waals surface area contributed by atoms with Crippen molar-refractivity contribution in [3.63, 3.8) is 0 Å². The smallest absolute Gasteiger partial charge is 0.311 e. The summed E-state index contributed by atoms with van der Waals surface area (Å²) < 4.78 is 18.3. The van der Waals surface area contributed by atoms with Crippen LogP contribution in [0.25, 0.3) is 0 Å². The Labute approximate surface area is 177 Å². The van der Waals surface area contributed by atoms with Crippen LogP contribution in [0.4, 0.5) is 0 Å². The van der Waals surface area contributed by atoms with Crippen LogP contribution in [0.15, 0.2) is 65.6 Å². The Kier molecular flexibility index (Phi) is 7.38. The Hall–Kier alpha value is -1.82. The topological polar surface area (TPSA) is 44.8 Å². The van der Waals surface area contributed by atoms with E-state index in [1.54, 1.807) is 11.8 Å². The summed E-state index contributed by atoms with van der Waals surface area (Å²) in [6.07, 6.45) is 0.00867. The van der Waals surface area contributed by atoms with Gasteiger partial charge >= 0.3 is 5.97 Å². The van der Waals surface area contributed by atoms with Crippen molar-refractivity contribution >= 4 is 17.7 Å². The molecule has 1 heterocycles. The molecule has 0 spiro atoms. The molecule has 1 saturated heterocycles. The van der Waals surface area contributed by atoms with Crippen LogP contribution < -0.4 is 0 Å². The molecule has 4 atom stereocenters. The molecule has 5 heteroatoms. The first kappa shape index (κ1) is 21.9. The van der Waals surface area contributed by atoms with Gasteiger partial charge < -0.3 is 14.2 Å². The van der Waals surface area contributed by atoms with Gasteiger partial charge in [-0.25, -0.2) is 0 Å². The Morgan fingerprint density at radius 2 is 1.66 bits per heavy atom. The van der Waals surface area contributed by atoms with Gasteiger partial charge in [0.2, 0.25) is 0 Å². The second-order valence-corrected chi connectivity index (χ2v) is 9.58. The molecule has 1 aliphatic heterocycles. The van der Waals surface area contributed by atoms with E-state index < -0.39 is 5.41 Å². The molecule has 156 valence electrons. The van der Waals surface area contributed by atoms with Crippen LogP contribution in [-0.4, -0.2) is 29.7 Å². The maximum absolute atomic E-state index is 12.6. The first-order chi connectivity index (χ1) is 13.8. The monoisotopic (exact) mass is 414 g/mol. The molecule has 0 N–H and O–H groups in total. The number of hydrogen-bond donors (Lipinski definition) is 0. The van der Waals surface area contributed by atoms with Crippen molar-refractivity contribution in [1.82, 2.24) is 0 Å². The zero-order valence-electron chi connectivity index (χ0n) is 17.5. The second-order valence-electron chi connectivity index (χ2n) is 8.41. The summed E-state index contributed by atoms with van der Waals surface area (Å²) >= 11 is 1.59. The highest BCUT2D eigenvalue weighted by molar-refractivity contribution is 7.99. The average Bonchev–Trinajstić information content (AvgIpc) is 2.69. The van der Waals surface area contributed by atoms with Crippen LogP contribution in [0.2, 0.25) is 0 Å². The third kappa shape index (κ3) is 6.33. The molecule has 3 rings (SSSR count). The van der Waals surface area contributed by atoms with E-state index in [0.717, 1.165) is 10.5 Å². The summed E-state index contributed by atoms with van der Waals surface area (Å²) in [5, 5.41) is 0. The van der Waals surface area contributed by atoms with Gasteiger partial charge in [-0.05, 0) is 45.4 Å². The van der Waals surface area contributed by atoms with E-state index in [0.29, 0.717) is 13.0 Å². The van der Waals surface area contributed by atoms with Gasteiger partial charge in [-0.2, -0.15) is 0 Å². The minimum atomic E-state index is -0.564. The molecule has 0 aliphatic carbocycles. The lowest BCUT2D eigenvalue weighted by atomic mass is 9.97. The van der Waals surface area contributed by atoms with E-state index in [9.17, 15) is 4.79 Å². The van der Waals surface area contributed by atoms with Gasteiger partial charge in [-0.1, -0.05) is 60.3 Å².